The summed E-state index contributed by atoms with van der Waals surface area (Å²) in [5, 5.41) is 7.91. The lowest BCUT2D eigenvalue weighted by Crippen LogP contribution is -2.44. The van der Waals surface area contributed by atoms with Gasteiger partial charge in [0.2, 0.25) is 11.9 Å². The SMILES string of the molecule is Cc1cnc(N[C@H]2CC[C@@H](NC(=O)C3(c4ccc(Cl)cc4Cl)CC3)CC2)nc1N(C)C. The number of nitrogens with one attached hydrogen (secondary N) is 2. The molecular weight excluding hydrogens is 433 g/mol. The third-order valence-electron chi connectivity index (χ3n) is 6.40. The standard InChI is InChI=1S/C23H29Cl2N5O/c1-14-13-26-22(29-20(14)30(2)3)28-17-7-5-16(6-8-17)27-21(31)23(10-11-23)18-9-4-15(24)12-19(18)25/h4,9,12-13,16-17H,5-8,10-11H2,1-3H3,(H,27,31)(H,26,28,29)/t16-,17+. The first-order valence-electron chi connectivity index (χ1n) is 10.8. The van der Waals surface area contributed by atoms with Crippen molar-refractivity contribution in [1.29, 1.82) is 0 Å². The molecular formula is C23H29Cl2N5O. The van der Waals surface area contributed by atoms with Gasteiger partial charge in [-0.25, -0.2) is 4.98 Å². The van der Waals surface area contributed by atoms with Gasteiger partial charge in [0.05, 0.1) is 5.41 Å². The van der Waals surface area contributed by atoms with Crippen LogP contribution in [-0.2, 0) is 10.2 Å². The number of carbonyl (C=O) groups is 1. The van der Waals surface area contributed by atoms with Crippen molar-refractivity contribution in [2.75, 3.05) is 24.3 Å². The van der Waals surface area contributed by atoms with E-state index in [0.29, 0.717) is 22.0 Å². The van der Waals surface area contributed by atoms with Gasteiger partial charge in [0, 0.05) is 48.0 Å². The fraction of sp³-hybridized carbons (Fsp3) is 0.522. The van der Waals surface area contributed by atoms with Crippen LogP contribution in [0.25, 0.3) is 0 Å². The third-order valence-corrected chi connectivity index (χ3v) is 6.94. The van der Waals surface area contributed by atoms with Gasteiger partial charge in [-0.2, -0.15) is 4.98 Å². The molecule has 2 aliphatic rings. The fourth-order valence-corrected chi connectivity index (χ4v) is 5.05. The number of anilines is 2. The number of nitrogens with zero attached hydrogens (tertiary/aromatic N) is 3. The smallest absolute Gasteiger partial charge is 0.230 e. The van der Waals surface area contributed by atoms with E-state index in [-0.39, 0.29) is 11.9 Å². The molecule has 2 N–H and O–H groups in total. The van der Waals surface area contributed by atoms with Gasteiger partial charge in [-0.1, -0.05) is 29.3 Å². The van der Waals surface area contributed by atoms with E-state index in [4.69, 9.17) is 23.2 Å². The molecule has 2 saturated carbocycles. The van der Waals surface area contributed by atoms with E-state index in [2.05, 4.69) is 20.6 Å². The predicted octanol–water partition coefficient (Wildman–Crippen LogP) is 4.73. The van der Waals surface area contributed by atoms with Gasteiger partial charge >= 0.3 is 0 Å². The van der Waals surface area contributed by atoms with Crippen molar-refractivity contribution in [1.82, 2.24) is 15.3 Å². The van der Waals surface area contributed by atoms with Gasteiger partial charge in [0.25, 0.3) is 0 Å². The summed E-state index contributed by atoms with van der Waals surface area (Å²) in [6.07, 6.45) is 7.31. The highest BCUT2D eigenvalue weighted by molar-refractivity contribution is 6.35. The molecule has 1 amide bonds. The number of halogens is 2. The molecule has 6 nitrogen and oxygen atoms in total. The van der Waals surface area contributed by atoms with Gasteiger partial charge in [0.1, 0.15) is 5.82 Å². The van der Waals surface area contributed by atoms with Crippen LogP contribution in [0.3, 0.4) is 0 Å². The monoisotopic (exact) mass is 461 g/mol. The number of aromatic nitrogens is 2. The molecule has 2 aliphatic carbocycles. The Kier molecular flexibility index (Phi) is 6.31. The summed E-state index contributed by atoms with van der Waals surface area (Å²) in [4.78, 5) is 24.2. The number of rotatable bonds is 6. The van der Waals surface area contributed by atoms with E-state index in [1.54, 1.807) is 6.07 Å². The van der Waals surface area contributed by atoms with Crippen LogP contribution in [0, 0.1) is 6.92 Å². The van der Waals surface area contributed by atoms with Crippen molar-refractivity contribution in [3.63, 3.8) is 0 Å². The number of aryl methyl sites for hydroxylation is 1. The Hall–Kier alpha value is -2.05. The highest BCUT2D eigenvalue weighted by atomic mass is 35.5. The van der Waals surface area contributed by atoms with E-state index in [0.717, 1.165) is 55.5 Å². The Morgan fingerprint density at radius 3 is 2.42 bits per heavy atom. The van der Waals surface area contributed by atoms with E-state index in [9.17, 15) is 4.79 Å². The number of amides is 1. The maximum Gasteiger partial charge on any atom is 0.230 e. The highest BCUT2D eigenvalue weighted by Crippen LogP contribution is 2.51. The van der Waals surface area contributed by atoms with Crippen LogP contribution >= 0.6 is 23.2 Å². The molecule has 0 atom stereocenters. The average molecular weight is 462 g/mol. The maximum atomic E-state index is 13.1. The quantitative estimate of drug-likeness (QED) is 0.650. The first kappa shape index (κ1) is 22.2. The van der Waals surface area contributed by atoms with Crippen LogP contribution in [0.15, 0.2) is 24.4 Å². The molecule has 8 heteroatoms. The molecule has 31 heavy (non-hydrogen) atoms. The van der Waals surface area contributed by atoms with Crippen LogP contribution < -0.4 is 15.5 Å². The Balaban J connectivity index is 1.32. The van der Waals surface area contributed by atoms with Crippen LogP contribution in [0.2, 0.25) is 10.0 Å². The first-order valence-corrected chi connectivity index (χ1v) is 11.6. The van der Waals surface area contributed by atoms with Crippen LogP contribution in [0.1, 0.15) is 49.7 Å². The summed E-state index contributed by atoms with van der Waals surface area (Å²) in [5.74, 6) is 1.68. The summed E-state index contributed by atoms with van der Waals surface area (Å²) < 4.78 is 0. The summed E-state index contributed by atoms with van der Waals surface area (Å²) >= 11 is 12.4. The molecule has 0 saturated heterocycles. The Morgan fingerprint density at radius 1 is 1.13 bits per heavy atom. The van der Waals surface area contributed by atoms with Crippen molar-refractivity contribution in [3.05, 3.63) is 45.6 Å². The highest BCUT2D eigenvalue weighted by Gasteiger charge is 2.52. The largest absolute Gasteiger partial charge is 0.362 e. The summed E-state index contributed by atoms with van der Waals surface area (Å²) in [6.45, 7) is 2.01. The molecule has 0 spiro atoms. The second-order valence-corrected chi connectivity index (χ2v) is 9.81. The molecule has 2 fully saturated rings. The summed E-state index contributed by atoms with van der Waals surface area (Å²) in [5.41, 5.74) is 1.45. The van der Waals surface area contributed by atoms with E-state index < -0.39 is 5.41 Å². The number of hydrogen-bond acceptors (Lipinski definition) is 5. The zero-order valence-corrected chi connectivity index (χ0v) is 19.7. The molecule has 0 aliphatic heterocycles. The Bertz CT molecular complexity index is 968. The van der Waals surface area contributed by atoms with Crippen molar-refractivity contribution in [3.8, 4) is 0 Å². The molecule has 0 unspecified atom stereocenters. The lowest BCUT2D eigenvalue weighted by atomic mass is 9.89. The van der Waals surface area contributed by atoms with Gasteiger partial charge < -0.3 is 15.5 Å². The molecule has 0 radical (unpaired) electrons. The zero-order chi connectivity index (χ0) is 22.2. The topological polar surface area (TPSA) is 70.1 Å². The second kappa shape index (κ2) is 8.83. The van der Waals surface area contributed by atoms with E-state index in [1.807, 2.05) is 44.2 Å². The number of carbonyl (C=O) groups excluding carboxylic acids is 1. The van der Waals surface area contributed by atoms with Gasteiger partial charge in [-0.05, 0) is 63.1 Å². The average Bonchev–Trinajstić information content (AvgIpc) is 3.52. The Labute approximate surface area is 193 Å². The summed E-state index contributed by atoms with van der Waals surface area (Å²) in [6, 6.07) is 5.91. The zero-order valence-electron chi connectivity index (χ0n) is 18.2. The normalized spacial score (nSPS) is 22.0. The molecule has 1 aromatic carbocycles. The molecule has 166 valence electrons. The van der Waals surface area contributed by atoms with E-state index in [1.165, 1.54) is 0 Å². The van der Waals surface area contributed by atoms with Crippen molar-refractivity contribution >= 4 is 40.9 Å². The minimum atomic E-state index is -0.491. The molecule has 0 bridgehead atoms. The molecule has 1 heterocycles. The molecule has 2 aromatic rings. The van der Waals surface area contributed by atoms with Crippen LogP contribution in [0.5, 0.6) is 0 Å². The summed E-state index contributed by atoms with van der Waals surface area (Å²) in [7, 11) is 3.97. The van der Waals surface area contributed by atoms with Crippen molar-refractivity contribution in [2.45, 2.75) is 62.9 Å². The van der Waals surface area contributed by atoms with Crippen LogP contribution in [-0.4, -0.2) is 42.1 Å². The fourth-order valence-electron chi connectivity index (χ4n) is 4.46. The number of hydrogen-bond donors (Lipinski definition) is 2. The lowest BCUT2D eigenvalue weighted by molar-refractivity contribution is -0.124. The van der Waals surface area contributed by atoms with Crippen LogP contribution in [0.4, 0.5) is 11.8 Å². The van der Waals surface area contributed by atoms with Gasteiger partial charge in [0.15, 0.2) is 0 Å². The Morgan fingerprint density at radius 2 is 1.81 bits per heavy atom. The van der Waals surface area contributed by atoms with Gasteiger partial charge in [-0.15, -0.1) is 0 Å². The van der Waals surface area contributed by atoms with Crippen molar-refractivity contribution < 1.29 is 4.79 Å². The predicted molar refractivity (Wildman–Crippen MR) is 126 cm³/mol. The van der Waals surface area contributed by atoms with Crippen molar-refractivity contribution in [2.24, 2.45) is 0 Å². The molecule has 1 aromatic heterocycles. The minimum Gasteiger partial charge on any atom is -0.362 e. The number of benzene rings is 1. The second-order valence-electron chi connectivity index (χ2n) is 8.97. The van der Waals surface area contributed by atoms with Gasteiger partial charge in [-0.3, -0.25) is 4.79 Å². The molecule has 4 rings (SSSR count). The minimum absolute atomic E-state index is 0.0885. The van der Waals surface area contributed by atoms with E-state index >= 15 is 0 Å². The lowest BCUT2D eigenvalue weighted by Gasteiger charge is -2.31. The third kappa shape index (κ3) is 4.75. The first-order chi connectivity index (χ1) is 14.8. The maximum absolute atomic E-state index is 13.1.